The van der Waals surface area contributed by atoms with Gasteiger partial charge >= 0.3 is 11.7 Å². The molecule has 4 atom stereocenters. The minimum absolute atomic E-state index is 0.0149. The fourth-order valence-corrected chi connectivity index (χ4v) is 5.03. The first-order valence-corrected chi connectivity index (χ1v) is 12.0. The van der Waals surface area contributed by atoms with Crippen LogP contribution in [0.3, 0.4) is 0 Å². The Bertz CT molecular complexity index is 1500. The highest BCUT2D eigenvalue weighted by Crippen LogP contribution is 2.42. The molecule has 1 aliphatic heterocycles. The molecule has 1 aromatic carbocycles. The topological polar surface area (TPSA) is 206 Å². The second kappa shape index (κ2) is 9.09. The number of ketones is 1. The number of ether oxygens (including phenoxy) is 2. The highest BCUT2D eigenvalue weighted by atomic mass is 32.2. The molecule has 3 aromatic rings. The highest BCUT2D eigenvalue weighted by Gasteiger charge is 2.63. The lowest BCUT2D eigenvalue weighted by Crippen LogP contribution is -2.56. The Labute approximate surface area is 204 Å². The molecule has 2 aromatic heterocycles. The van der Waals surface area contributed by atoms with Crippen molar-refractivity contribution in [2.75, 3.05) is 12.3 Å². The standard InChI is InChI=1S/C21H23N5O9S/c1-10-4-6-13(7-5-10)36(31,32)35-16-19(26-18-15(25-20(26)29)17(22)23-9-24-18)34-14(8-33-12(3)28)21(16,30)11(2)27/h4-7,9,14,16,19,30H,8H2,1-3H3,(H,25,29)(H2,22,23,24)/t14-,16+,19-,21-/m1/s1. The maximum Gasteiger partial charge on any atom is 0.330 e. The highest BCUT2D eigenvalue weighted by molar-refractivity contribution is 7.86. The van der Waals surface area contributed by atoms with E-state index in [1.807, 2.05) is 0 Å². The molecule has 0 aliphatic carbocycles. The molecule has 0 bridgehead atoms. The average molecular weight is 522 g/mol. The van der Waals surface area contributed by atoms with Crippen molar-refractivity contribution in [2.24, 2.45) is 0 Å². The first-order chi connectivity index (χ1) is 16.9. The molecule has 3 heterocycles. The molecule has 4 N–H and O–H groups in total. The average Bonchev–Trinajstić information content (AvgIpc) is 3.27. The summed E-state index contributed by atoms with van der Waals surface area (Å²) in [5.41, 5.74) is 2.99. The van der Waals surface area contributed by atoms with Crippen molar-refractivity contribution in [3.63, 3.8) is 0 Å². The van der Waals surface area contributed by atoms with Gasteiger partial charge in [-0.25, -0.2) is 19.3 Å². The van der Waals surface area contributed by atoms with E-state index in [-0.39, 0.29) is 21.9 Å². The zero-order valence-corrected chi connectivity index (χ0v) is 20.2. The van der Waals surface area contributed by atoms with Crippen molar-refractivity contribution in [3.8, 4) is 0 Å². The Hall–Kier alpha value is -3.66. The Balaban J connectivity index is 1.88. The summed E-state index contributed by atoms with van der Waals surface area (Å²) >= 11 is 0. The Morgan fingerprint density at radius 2 is 1.92 bits per heavy atom. The van der Waals surface area contributed by atoms with Crippen LogP contribution in [0.2, 0.25) is 0 Å². The molecule has 1 aliphatic rings. The van der Waals surface area contributed by atoms with E-state index in [4.69, 9.17) is 19.4 Å². The van der Waals surface area contributed by atoms with Crippen molar-refractivity contribution < 1.29 is 36.8 Å². The zero-order chi connectivity index (χ0) is 26.4. The predicted octanol–water partition coefficient (Wildman–Crippen LogP) is -0.435. The fourth-order valence-electron chi connectivity index (χ4n) is 3.94. The smallest absolute Gasteiger partial charge is 0.330 e. The van der Waals surface area contributed by atoms with Gasteiger partial charge in [-0.15, -0.1) is 0 Å². The van der Waals surface area contributed by atoms with E-state index in [1.54, 1.807) is 6.92 Å². The second-order valence-corrected chi connectivity index (χ2v) is 9.81. The number of hydrogen-bond acceptors (Lipinski definition) is 12. The number of nitrogen functional groups attached to an aromatic ring is 1. The molecule has 0 unspecified atom stereocenters. The van der Waals surface area contributed by atoms with Gasteiger partial charge in [-0.2, -0.15) is 8.42 Å². The Kier molecular flexibility index (Phi) is 6.42. The summed E-state index contributed by atoms with van der Waals surface area (Å²) in [7, 11) is -4.60. The molecule has 192 valence electrons. The number of nitrogens with zero attached hydrogens (tertiary/aromatic N) is 3. The van der Waals surface area contributed by atoms with Crippen LogP contribution < -0.4 is 11.4 Å². The van der Waals surface area contributed by atoms with Gasteiger partial charge in [0, 0.05) is 6.92 Å². The van der Waals surface area contributed by atoms with Crippen LogP contribution in [0.5, 0.6) is 0 Å². The quantitative estimate of drug-likeness (QED) is 0.267. The summed E-state index contributed by atoms with van der Waals surface area (Å²) in [6.07, 6.45) is -4.24. The van der Waals surface area contributed by atoms with Gasteiger partial charge in [0.1, 0.15) is 24.6 Å². The number of aromatic amines is 1. The van der Waals surface area contributed by atoms with Crippen LogP contribution in [0.1, 0.15) is 25.6 Å². The number of nitrogens with one attached hydrogen (secondary N) is 1. The van der Waals surface area contributed by atoms with Crippen LogP contribution in [-0.2, 0) is 33.4 Å². The number of hydrogen-bond donors (Lipinski definition) is 3. The number of anilines is 1. The number of esters is 1. The Morgan fingerprint density at radius 3 is 2.53 bits per heavy atom. The molecule has 4 rings (SSSR count). The van der Waals surface area contributed by atoms with Gasteiger partial charge in [0.05, 0.1) is 4.90 Å². The predicted molar refractivity (Wildman–Crippen MR) is 122 cm³/mol. The van der Waals surface area contributed by atoms with Gasteiger partial charge in [-0.1, -0.05) is 17.7 Å². The SMILES string of the molecule is CC(=O)OC[C@H]1O[C@@H](n2c(=O)[nH]c3c(N)ncnc32)[C@H](OS(=O)(=O)c2ccc(C)cc2)[C@@]1(O)C(C)=O. The number of aryl methyl sites for hydroxylation is 1. The molecular weight excluding hydrogens is 498 g/mol. The van der Waals surface area contributed by atoms with E-state index in [0.717, 1.165) is 30.3 Å². The Morgan fingerprint density at radius 1 is 1.25 bits per heavy atom. The lowest BCUT2D eigenvalue weighted by Gasteiger charge is -2.30. The molecular formula is C21H23N5O9S. The molecule has 0 amide bonds. The molecule has 1 saturated heterocycles. The molecule has 0 saturated carbocycles. The minimum Gasteiger partial charge on any atom is -0.463 e. The third kappa shape index (κ3) is 4.26. The van der Waals surface area contributed by atoms with Gasteiger partial charge in [-0.3, -0.25) is 13.8 Å². The lowest BCUT2D eigenvalue weighted by atomic mass is 9.88. The van der Waals surface area contributed by atoms with E-state index in [9.17, 15) is 27.9 Å². The van der Waals surface area contributed by atoms with Crippen LogP contribution in [-0.4, -0.2) is 69.2 Å². The van der Waals surface area contributed by atoms with Gasteiger partial charge < -0.3 is 25.3 Å². The molecule has 0 spiro atoms. The van der Waals surface area contributed by atoms with Crippen LogP contribution in [0.4, 0.5) is 5.82 Å². The number of aliphatic hydroxyl groups is 1. The summed E-state index contributed by atoms with van der Waals surface area (Å²) in [5.74, 6) is -1.78. The molecule has 36 heavy (non-hydrogen) atoms. The number of carbonyl (C=O) groups is 2. The number of benzene rings is 1. The van der Waals surface area contributed by atoms with Crippen molar-refractivity contribution >= 4 is 38.9 Å². The van der Waals surface area contributed by atoms with Crippen LogP contribution in [0.25, 0.3) is 11.2 Å². The lowest BCUT2D eigenvalue weighted by molar-refractivity contribution is -0.160. The number of H-pyrrole nitrogens is 1. The summed E-state index contributed by atoms with van der Waals surface area (Å²) in [6, 6.07) is 5.63. The molecule has 0 radical (unpaired) electrons. The minimum atomic E-state index is -4.60. The van der Waals surface area contributed by atoms with Gasteiger partial charge in [0.2, 0.25) is 0 Å². The number of Topliss-reactive ketones (excluding diaryl/α,β-unsaturated/α-hetero) is 1. The molecule has 14 nitrogen and oxygen atoms in total. The van der Waals surface area contributed by atoms with Crippen molar-refractivity contribution in [1.82, 2.24) is 19.5 Å². The van der Waals surface area contributed by atoms with Crippen molar-refractivity contribution in [1.29, 1.82) is 0 Å². The molecule has 15 heteroatoms. The summed E-state index contributed by atoms with van der Waals surface area (Å²) in [4.78, 5) is 47.0. The van der Waals surface area contributed by atoms with E-state index >= 15 is 0 Å². The van der Waals surface area contributed by atoms with Gasteiger partial charge in [0.25, 0.3) is 10.1 Å². The van der Waals surface area contributed by atoms with Gasteiger partial charge in [0.15, 0.2) is 35.2 Å². The number of fused-ring (bicyclic) bond motifs is 1. The monoisotopic (exact) mass is 521 g/mol. The summed E-state index contributed by atoms with van der Waals surface area (Å²) < 4.78 is 43.3. The molecule has 1 fully saturated rings. The maximum atomic E-state index is 13.2. The summed E-state index contributed by atoms with van der Waals surface area (Å²) in [5, 5.41) is 11.5. The first-order valence-electron chi connectivity index (χ1n) is 10.6. The largest absolute Gasteiger partial charge is 0.463 e. The number of carbonyl (C=O) groups excluding carboxylic acids is 2. The van der Waals surface area contributed by atoms with E-state index in [2.05, 4.69) is 15.0 Å². The van der Waals surface area contributed by atoms with E-state index in [1.165, 1.54) is 24.3 Å². The number of aromatic nitrogens is 4. The van der Waals surface area contributed by atoms with Gasteiger partial charge in [-0.05, 0) is 26.0 Å². The second-order valence-electron chi connectivity index (χ2n) is 8.24. The number of rotatable bonds is 7. The summed E-state index contributed by atoms with van der Waals surface area (Å²) in [6.45, 7) is 3.20. The van der Waals surface area contributed by atoms with E-state index in [0.29, 0.717) is 0 Å². The first kappa shape index (κ1) is 25.4. The van der Waals surface area contributed by atoms with Crippen molar-refractivity contribution in [3.05, 3.63) is 46.6 Å². The third-order valence-corrected chi connectivity index (χ3v) is 7.13. The van der Waals surface area contributed by atoms with Crippen LogP contribution >= 0.6 is 0 Å². The van der Waals surface area contributed by atoms with Crippen LogP contribution in [0.15, 0.2) is 40.3 Å². The number of nitrogens with two attached hydrogens (primary N) is 1. The normalized spacial score (nSPS) is 24.2. The fraction of sp³-hybridized carbons (Fsp3) is 0.381. The zero-order valence-electron chi connectivity index (χ0n) is 19.4. The van der Waals surface area contributed by atoms with Crippen LogP contribution in [0, 0.1) is 6.92 Å². The maximum absolute atomic E-state index is 13.2. The third-order valence-electron chi connectivity index (χ3n) is 5.82. The van der Waals surface area contributed by atoms with E-state index < -0.39 is 58.2 Å². The van der Waals surface area contributed by atoms with Crippen molar-refractivity contribution in [2.45, 2.75) is 49.7 Å². The number of imidazole rings is 1.